The van der Waals surface area contributed by atoms with Crippen LogP contribution in [0.25, 0.3) is 0 Å². The van der Waals surface area contributed by atoms with Crippen molar-refractivity contribution in [1.82, 2.24) is 5.32 Å². The molecule has 0 atom stereocenters. The quantitative estimate of drug-likeness (QED) is 0.802. The molecule has 1 aromatic carbocycles. The van der Waals surface area contributed by atoms with Crippen LogP contribution in [-0.4, -0.2) is 12.6 Å². The molecule has 0 saturated heterocycles. The van der Waals surface area contributed by atoms with Crippen molar-refractivity contribution in [1.29, 1.82) is 0 Å². The number of rotatable bonds is 4. The number of hydrogen-bond donors (Lipinski definition) is 2. The third-order valence-electron chi connectivity index (χ3n) is 2.06. The van der Waals surface area contributed by atoms with E-state index in [1.165, 1.54) is 0 Å². The third-order valence-corrected chi connectivity index (χ3v) is 2.66. The first-order valence-corrected chi connectivity index (χ1v) is 5.99. The molecule has 2 amide bonds. The van der Waals surface area contributed by atoms with Crippen molar-refractivity contribution < 1.29 is 9.18 Å². The zero-order valence-corrected chi connectivity index (χ0v) is 10.8. The largest absolute Gasteiger partial charge is 0.338 e. The lowest BCUT2D eigenvalue weighted by Gasteiger charge is -2.10. The molecule has 94 valence electrons. The normalized spacial score (nSPS) is 10.1. The summed E-state index contributed by atoms with van der Waals surface area (Å²) >= 11 is 11.5. The van der Waals surface area contributed by atoms with Gasteiger partial charge in [-0.1, -0.05) is 36.5 Å². The van der Waals surface area contributed by atoms with E-state index in [4.69, 9.17) is 23.2 Å². The molecule has 0 bridgehead atoms. The van der Waals surface area contributed by atoms with Gasteiger partial charge in [-0.05, 0) is 18.6 Å². The average molecular weight is 279 g/mol. The first-order valence-electron chi connectivity index (χ1n) is 5.24. The monoisotopic (exact) mass is 278 g/mol. The van der Waals surface area contributed by atoms with Crippen LogP contribution in [0.3, 0.4) is 0 Å². The van der Waals surface area contributed by atoms with E-state index in [0.717, 1.165) is 25.0 Å². The number of unbranched alkanes of at least 4 members (excludes halogenated alkanes) is 1. The summed E-state index contributed by atoms with van der Waals surface area (Å²) in [7, 11) is 0. The van der Waals surface area contributed by atoms with E-state index >= 15 is 0 Å². The maximum atomic E-state index is 12.9. The molecule has 0 fully saturated rings. The van der Waals surface area contributed by atoms with E-state index < -0.39 is 11.8 Å². The predicted molar refractivity (Wildman–Crippen MR) is 68.3 cm³/mol. The van der Waals surface area contributed by atoms with Gasteiger partial charge in [0.05, 0.1) is 15.7 Å². The molecule has 3 nitrogen and oxygen atoms in total. The van der Waals surface area contributed by atoms with Crippen LogP contribution in [0, 0.1) is 5.82 Å². The van der Waals surface area contributed by atoms with Crippen molar-refractivity contribution in [3.05, 3.63) is 28.0 Å². The summed E-state index contributed by atoms with van der Waals surface area (Å²) in [5.74, 6) is -0.544. The zero-order valence-electron chi connectivity index (χ0n) is 9.32. The van der Waals surface area contributed by atoms with Crippen LogP contribution in [0.4, 0.5) is 14.9 Å². The summed E-state index contributed by atoms with van der Waals surface area (Å²) in [5.41, 5.74) is 0.212. The Kier molecular flexibility index (Phi) is 5.51. The van der Waals surface area contributed by atoms with Crippen molar-refractivity contribution in [2.75, 3.05) is 11.9 Å². The smallest absolute Gasteiger partial charge is 0.319 e. The van der Waals surface area contributed by atoms with E-state index in [1.54, 1.807) is 0 Å². The van der Waals surface area contributed by atoms with Crippen LogP contribution in [0.15, 0.2) is 12.1 Å². The Morgan fingerprint density at radius 1 is 1.35 bits per heavy atom. The second-order valence-electron chi connectivity index (χ2n) is 3.48. The lowest BCUT2D eigenvalue weighted by atomic mass is 10.3. The summed E-state index contributed by atoms with van der Waals surface area (Å²) in [5, 5.41) is 5.26. The molecule has 1 aromatic rings. The summed E-state index contributed by atoms with van der Waals surface area (Å²) in [6.07, 6.45) is 1.87. The van der Waals surface area contributed by atoms with Crippen LogP contribution >= 0.6 is 23.2 Å². The lowest BCUT2D eigenvalue weighted by Crippen LogP contribution is -2.29. The summed E-state index contributed by atoms with van der Waals surface area (Å²) in [6, 6.07) is 1.78. The molecule has 0 aromatic heterocycles. The first kappa shape index (κ1) is 14.1. The minimum Gasteiger partial charge on any atom is -0.338 e. The minimum absolute atomic E-state index is 0.0700. The number of benzene rings is 1. The molecule has 0 spiro atoms. The number of carbonyl (C=O) groups is 1. The topological polar surface area (TPSA) is 41.1 Å². The molecular formula is C11H13Cl2FN2O. The van der Waals surface area contributed by atoms with Crippen LogP contribution in [0.5, 0.6) is 0 Å². The van der Waals surface area contributed by atoms with Gasteiger partial charge >= 0.3 is 6.03 Å². The van der Waals surface area contributed by atoms with E-state index in [1.807, 2.05) is 6.92 Å². The lowest BCUT2D eigenvalue weighted by molar-refractivity contribution is 0.252. The summed E-state index contributed by atoms with van der Waals surface area (Å²) in [4.78, 5) is 11.4. The maximum absolute atomic E-state index is 12.9. The molecule has 0 saturated carbocycles. The van der Waals surface area contributed by atoms with Gasteiger partial charge in [-0.2, -0.15) is 0 Å². The highest BCUT2D eigenvalue weighted by Crippen LogP contribution is 2.31. The number of amides is 2. The van der Waals surface area contributed by atoms with E-state index in [9.17, 15) is 9.18 Å². The molecular weight excluding hydrogens is 266 g/mol. The minimum atomic E-state index is -0.544. The highest BCUT2D eigenvalue weighted by atomic mass is 35.5. The average Bonchev–Trinajstić information content (AvgIpc) is 2.24. The number of urea groups is 1. The van der Waals surface area contributed by atoms with E-state index in [2.05, 4.69) is 10.6 Å². The zero-order chi connectivity index (χ0) is 12.8. The van der Waals surface area contributed by atoms with Gasteiger partial charge in [-0.25, -0.2) is 9.18 Å². The molecule has 2 N–H and O–H groups in total. The number of nitrogens with one attached hydrogen (secondary N) is 2. The molecule has 0 radical (unpaired) electrons. The molecule has 0 heterocycles. The van der Waals surface area contributed by atoms with Gasteiger partial charge in [0.1, 0.15) is 5.82 Å². The Balaban J connectivity index is 2.65. The van der Waals surface area contributed by atoms with Gasteiger partial charge in [0, 0.05) is 6.54 Å². The van der Waals surface area contributed by atoms with Crippen molar-refractivity contribution in [3.8, 4) is 0 Å². The van der Waals surface area contributed by atoms with Crippen molar-refractivity contribution in [3.63, 3.8) is 0 Å². The SMILES string of the molecule is CCCCNC(=O)Nc1c(Cl)cc(F)cc1Cl. The Hall–Kier alpha value is -1.00. The van der Waals surface area contributed by atoms with Gasteiger partial charge in [0.15, 0.2) is 0 Å². The first-order chi connectivity index (χ1) is 8.04. The van der Waals surface area contributed by atoms with Crippen molar-refractivity contribution in [2.24, 2.45) is 0 Å². The van der Waals surface area contributed by atoms with E-state index in [0.29, 0.717) is 6.54 Å². The summed E-state index contributed by atoms with van der Waals surface area (Å²) in [6.45, 7) is 2.59. The van der Waals surface area contributed by atoms with Gasteiger partial charge in [0.2, 0.25) is 0 Å². The second-order valence-corrected chi connectivity index (χ2v) is 4.29. The third kappa shape index (κ3) is 4.40. The molecule has 0 unspecified atom stereocenters. The van der Waals surface area contributed by atoms with Gasteiger partial charge < -0.3 is 10.6 Å². The molecule has 1 rings (SSSR count). The van der Waals surface area contributed by atoms with Gasteiger partial charge in [-0.3, -0.25) is 0 Å². The van der Waals surface area contributed by atoms with Crippen LogP contribution in [-0.2, 0) is 0 Å². The number of carbonyl (C=O) groups excluding carboxylic acids is 1. The van der Waals surface area contributed by atoms with Gasteiger partial charge in [0.25, 0.3) is 0 Å². The number of anilines is 1. The molecule has 6 heteroatoms. The Labute approximate surface area is 109 Å². The second kappa shape index (κ2) is 6.67. The fourth-order valence-electron chi connectivity index (χ4n) is 1.20. The fourth-order valence-corrected chi connectivity index (χ4v) is 1.75. The van der Waals surface area contributed by atoms with Crippen LogP contribution < -0.4 is 10.6 Å². The van der Waals surface area contributed by atoms with Crippen molar-refractivity contribution in [2.45, 2.75) is 19.8 Å². The van der Waals surface area contributed by atoms with Crippen molar-refractivity contribution >= 4 is 34.9 Å². The maximum Gasteiger partial charge on any atom is 0.319 e. The molecule has 0 aliphatic rings. The fraction of sp³-hybridized carbons (Fsp3) is 0.364. The number of halogens is 3. The molecule has 0 aliphatic carbocycles. The predicted octanol–water partition coefficient (Wildman–Crippen LogP) is 4.05. The number of hydrogen-bond acceptors (Lipinski definition) is 1. The molecule has 0 aliphatic heterocycles. The van der Waals surface area contributed by atoms with E-state index in [-0.39, 0.29) is 15.7 Å². The summed E-state index contributed by atoms with van der Waals surface area (Å²) < 4.78 is 12.9. The van der Waals surface area contributed by atoms with Crippen LogP contribution in [0.1, 0.15) is 19.8 Å². The van der Waals surface area contributed by atoms with Crippen LogP contribution in [0.2, 0.25) is 10.0 Å². The highest BCUT2D eigenvalue weighted by molar-refractivity contribution is 6.39. The van der Waals surface area contributed by atoms with Gasteiger partial charge in [-0.15, -0.1) is 0 Å². The Bertz CT molecular complexity index is 389. The highest BCUT2D eigenvalue weighted by Gasteiger charge is 2.11. The standard InChI is InChI=1S/C11H13Cl2FN2O/c1-2-3-4-15-11(17)16-10-8(12)5-7(14)6-9(10)13/h5-6H,2-4H2,1H3,(H2,15,16,17). The molecule has 17 heavy (non-hydrogen) atoms. The Morgan fingerprint density at radius 3 is 2.47 bits per heavy atom. The Morgan fingerprint density at radius 2 is 1.94 bits per heavy atom.